The summed E-state index contributed by atoms with van der Waals surface area (Å²) in [7, 11) is 1.40. The van der Waals surface area contributed by atoms with Crippen molar-refractivity contribution in [3.05, 3.63) is 32.8 Å². The maximum atomic E-state index is 11.2. The molecule has 1 aromatic carbocycles. The van der Waals surface area contributed by atoms with Gasteiger partial charge in [-0.05, 0) is 49.4 Å². The zero-order valence-electron chi connectivity index (χ0n) is 11.3. The third kappa shape index (κ3) is 3.33. The smallest absolute Gasteiger partial charge is 0.305 e. The van der Waals surface area contributed by atoms with Gasteiger partial charge < -0.3 is 10.5 Å². The minimum atomic E-state index is -0.216. The van der Waals surface area contributed by atoms with E-state index in [0.717, 1.165) is 15.6 Å². The predicted octanol–water partition coefficient (Wildman–Crippen LogP) is 3.33. The molecule has 0 bridgehead atoms. The Morgan fingerprint density at radius 1 is 1.39 bits per heavy atom. The Balaban J connectivity index is 2.95. The molecule has 0 aliphatic heterocycles. The summed E-state index contributed by atoms with van der Waals surface area (Å²) in [5, 5.41) is 0. The minimum absolute atomic E-state index is 0.138. The van der Waals surface area contributed by atoms with E-state index in [1.807, 2.05) is 0 Å². The molecule has 0 radical (unpaired) electrons. The molecule has 0 aliphatic rings. The molecule has 3 nitrogen and oxygen atoms in total. The predicted molar refractivity (Wildman–Crippen MR) is 76.5 cm³/mol. The van der Waals surface area contributed by atoms with E-state index in [2.05, 4.69) is 47.5 Å². The molecule has 100 valence electrons. The van der Waals surface area contributed by atoms with E-state index in [1.54, 1.807) is 0 Å². The maximum Gasteiger partial charge on any atom is 0.305 e. The number of benzene rings is 1. The third-order valence-electron chi connectivity index (χ3n) is 3.20. The lowest BCUT2D eigenvalue weighted by atomic mass is 9.92. The summed E-state index contributed by atoms with van der Waals surface area (Å²) in [6.07, 6.45) is 0.950. The maximum absolute atomic E-state index is 11.2. The zero-order valence-corrected chi connectivity index (χ0v) is 12.9. The van der Waals surface area contributed by atoms with Crippen LogP contribution in [0, 0.1) is 20.8 Å². The van der Waals surface area contributed by atoms with Gasteiger partial charge >= 0.3 is 5.97 Å². The normalized spacial score (nSPS) is 12.3. The highest BCUT2D eigenvalue weighted by Crippen LogP contribution is 2.31. The zero-order chi connectivity index (χ0) is 13.9. The van der Waals surface area contributed by atoms with Gasteiger partial charge in [0.05, 0.1) is 7.11 Å². The highest BCUT2D eigenvalue weighted by atomic mass is 79.9. The van der Waals surface area contributed by atoms with Gasteiger partial charge in [0.15, 0.2) is 0 Å². The Bertz CT molecular complexity index is 458. The standard InChI is InChI=1S/C14H20BrNO2/c1-8-7-9(2)14(15)10(3)13(8)11(16)5-6-12(17)18-4/h7,11H,5-6,16H2,1-4H3. The fourth-order valence-corrected chi connectivity index (χ4v) is 2.59. The first-order chi connectivity index (χ1) is 8.38. The molecule has 0 saturated carbocycles. The van der Waals surface area contributed by atoms with Crippen LogP contribution >= 0.6 is 15.9 Å². The molecule has 1 rings (SSSR count). The van der Waals surface area contributed by atoms with Gasteiger partial charge in [-0.25, -0.2) is 0 Å². The van der Waals surface area contributed by atoms with Crippen molar-refractivity contribution in [3.8, 4) is 0 Å². The molecule has 2 N–H and O–H groups in total. The lowest BCUT2D eigenvalue weighted by Gasteiger charge is -2.19. The van der Waals surface area contributed by atoms with E-state index >= 15 is 0 Å². The van der Waals surface area contributed by atoms with E-state index in [-0.39, 0.29) is 12.0 Å². The van der Waals surface area contributed by atoms with Crippen molar-refractivity contribution in [2.24, 2.45) is 5.73 Å². The van der Waals surface area contributed by atoms with Crippen molar-refractivity contribution in [2.75, 3.05) is 7.11 Å². The van der Waals surface area contributed by atoms with Crippen molar-refractivity contribution in [3.63, 3.8) is 0 Å². The van der Waals surface area contributed by atoms with Gasteiger partial charge in [0.1, 0.15) is 0 Å². The summed E-state index contributed by atoms with van der Waals surface area (Å²) in [5.74, 6) is -0.216. The first-order valence-corrected chi connectivity index (χ1v) is 6.76. The van der Waals surface area contributed by atoms with Crippen molar-refractivity contribution in [1.29, 1.82) is 0 Å². The van der Waals surface area contributed by atoms with Gasteiger partial charge in [0.25, 0.3) is 0 Å². The highest BCUT2D eigenvalue weighted by Gasteiger charge is 2.16. The summed E-state index contributed by atoms with van der Waals surface area (Å²) in [6.45, 7) is 6.17. The van der Waals surface area contributed by atoms with Crippen LogP contribution in [0.4, 0.5) is 0 Å². The fraction of sp³-hybridized carbons (Fsp3) is 0.500. The second kappa shape index (κ2) is 6.34. The van der Waals surface area contributed by atoms with Crippen molar-refractivity contribution < 1.29 is 9.53 Å². The van der Waals surface area contributed by atoms with Crippen molar-refractivity contribution in [1.82, 2.24) is 0 Å². The molecule has 1 aromatic rings. The van der Waals surface area contributed by atoms with Crippen LogP contribution in [0.2, 0.25) is 0 Å². The van der Waals surface area contributed by atoms with Crippen LogP contribution in [0.5, 0.6) is 0 Å². The van der Waals surface area contributed by atoms with E-state index in [0.29, 0.717) is 12.8 Å². The number of hydrogen-bond acceptors (Lipinski definition) is 3. The number of halogens is 1. The molecule has 0 amide bonds. The second-order valence-corrected chi connectivity index (χ2v) is 5.38. The van der Waals surface area contributed by atoms with Crippen LogP contribution in [0.3, 0.4) is 0 Å². The first kappa shape index (κ1) is 15.2. The summed E-state index contributed by atoms with van der Waals surface area (Å²) in [4.78, 5) is 11.2. The molecule has 0 spiro atoms. The number of nitrogens with two attached hydrogens (primary N) is 1. The van der Waals surface area contributed by atoms with E-state index in [1.165, 1.54) is 18.2 Å². The average molecular weight is 314 g/mol. The number of carbonyl (C=O) groups excluding carboxylic acids is 1. The number of carbonyl (C=O) groups is 1. The first-order valence-electron chi connectivity index (χ1n) is 5.97. The van der Waals surface area contributed by atoms with Crippen LogP contribution in [-0.4, -0.2) is 13.1 Å². The number of hydrogen-bond donors (Lipinski definition) is 1. The molecule has 1 unspecified atom stereocenters. The topological polar surface area (TPSA) is 52.3 Å². The van der Waals surface area contributed by atoms with E-state index < -0.39 is 0 Å². The van der Waals surface area contributed by atoms with Crippen LogP contribution in [0.25, 0.3) is 0 Å². The fourth-order valence-electron chi connectivity index (χ4n) is 2.27. The molecule has 1 atom stereocenters. The van der Waals surface area contributed by atoms with Gasteiger partial charge in [-0.1, -0.05) is 22.0 Å². The molecule has 0 heterocycles. The van der Waals surface area contributed by atoms with Gasteiger partial charge in [0.2, 0.25) is 0 Å². The number of esters is 1. The molecule has 18 heavy (non-hydrogen) atoms. The number of aryl methyl sites for hydroxylation is 2. The Hall–Kier alpha value is -0.870. The van der Waals surface area contributed by atoms with Gasteiger partial charge in [-0.3, -0.25) is 4.79 Å². The molecular weight excluding hydrogens is 294 g/mol. The minimum Gasteiger partial charge on any atom is -0.469 e. The Labute approximate surface area is 117 Å². The lowest BCUT2D eigenvalue weighted by Crippen LogP contribution is -2.16. The second-order valence-electron chi connectivity index (χ2n) is 4.58. The molecular formula is C14H20BrNO2. The lowest BCUT2D eigenvalue weighted by molar-refractivity contribution is -0.140. The van der Waals surface area contributed by atoms with Gasteiger partial charge in [0, 0.05) is 16.9 Å². The summed E-state index contributed by atoms with van der Waals surface area (Å²) >= 11 is 3.58. The van der Waals surface area contributed by atoms with Crippen LogP contribution in [-0.2, 0) is 9.53 Å². The molecule has 0 saturated heterocycles. The Kier molecular flexibility index (Phi) is 5.35. The van der Waals surface area contributed by atoms with E-state index in [9.17, 15) is 4.79 Å². The largest absolute Gasteiger partial charge is 0.469 e. The molecule has 0 aromatic heterocycles. The van der Waals surface area contributed by atoms with Crippen molar-refractivity contribution >= 4 is 21.9 Å². The monoisotopic (exact) mass is 313 g/mol. The van der Waals surface area contributed by atoms with E-state index in [4.69, 9.17) is 5.73 Å². The third-order valence-corrected chi connectivity index (χ3v) is 4.42. The molecule has 0 aliphatic carbocycles. The number of ether oxygens (including phenoxy) is 1. The highest BCUT2D eigenvalue weighted by molar-refractivity contribution is 9.10. The number of methoxy groups -OCH3 is 1. The van der Waals surface area contributed by atoms with Gasteiger partial charge in [-0.15, -0.1) is 0 Å². The van der Waals surface area contributed by atoms with Crippen molar-refractivity contribution in [2.45, 2.75) is 39.7 Å². The van der Waals surface area contributed by atoms with Crippen LogP contribution in [0.1, 0.15) is 41.1 Å². The quantitative estimate of drug-likeness (QED) is 0.867. The Morgan fingerprint density at radius 3 is 2.56 bits per heavy atom. The Morgan fingerprint density at radius 2 is 2.00 bits per heavy atom. The summed E-state index contributed by atoms with van der Waals surface area (Å²) in [5.41, 5.74) is 10.8. The molecule has 4 heteroatoms. The van der Waals surface area contributed by atoms with Crippen LogP contribution < -0.4 is 5.73 Å². The average Bonchev–Trinajstić information content (AvgIpc) is 2.33. The summed E-state index contributed by atoms with van der Waals surface area (Å²) in [6, 6.07) is 1.98. The number of rotatable bonds is 4. The molecule has 0 fully saturated rings. The van der Waals surface area contributed by atoms with Gasteiger partial charge in [-0.2, -0.15) is 0 Å². The van der Waals surface area contributed by atoms with Crippen LogP contribution in [0.15, 0.2) is 10.5 Å². The SMILES string of the molecule is COC(=O)CCC(N)c1c(C)cc(C)c(Br)c1C. The summed E-state index contributed by atoms with van der Waals surface area (Å²) < 4.78 is 5.73.